The molecule has 1 aliphatic heterocycles. The molecule has 2 aromatic carbocycles. The number of nitrogens with two attached hydrogens (primary N) is 1. The number of fused-ring (bicyclic) bond motifs is 1. The Labute approximate surface area is 158 Å². The molecule has 3 aromatic rings. The van der Waals surface area contributed by atoms with Crippen LogP contribution in [-0.2, 0) is 6.54 Å². The second-order valence-corrected chi connectivity index (χ2v) is 6.13. The van der Waals surface area contributed by atoms with Crippen molar-refractivity contribution in [2.24, 2.45) is 5.73 Å². The third kappa shape index (κ3) is 3.27. The summed E-state index contributed by atoms with van der Waals surface area (Å²) in [5.74, 6) is 1.34. The minimum atomic E-state index is -1.89. The smallest absolute Gasteiger partial charge is 0.350 e. The molecule has 1 aliphatic rings. The molecule has 0 atom stereocenters. The van der Waals surface area contributed by atoms with Crippen molar-refractivity contribution in [3.63, 3.8) is 0 Å². The summed E-state index contributed by atoms with van der Waals surface area (Å²) in [7, 11) is 0. The number of hydrogen-bond acceptors (Lipinski definition) is 5. The maximum absolute atomic E-state index is 12.8. The molecule has 4 rings (SSSR count). The molecule has 0 amide bonds. The quantitative estimate of drug-likeness (QED) is 0.729. The van der Waals surface area contributed by atoms with Crippen LogP contribution < -0.4 is 20.9 Å². The van der Waals surface area contributed by atoms with Crippen molar-refractivity contribution >= 4 is 0 Å². The van der Waals surface area contributed by atoms with E-state index >= 15 is 0 Å². The van der Waals surface area contributed by atoms with E-state index in [9.17, 15) is 13.6 Å². The highest BCUT2D eigenvalue weighted by Crippen LogP contribution is 2.36. The standard InChI is InChI=1S/C19H16F2N4O3/c20-18(21)14(8-22)9-25-19(26)24(10-23-25)15-3-1-2-12(6-15)13-4-5-16-17(7-13)28-11-27-16/h1-7,10H,8-9,11,22H2. The molecule has 0 aliphatic carbocycles. The Balaban J connectivity index is 1.67. The maximum atomic E-state index is 12.8. The minimum absolute atomic E-state index is 0.187. The van der Waals surface area contributed by atoms with E-state index in [4.69, 9.17) is 15.2 Å². The molecule has 0 spiro atoms. The van der Waals surface area contributed by atoms with Gasteiger partial charge in [0, 0.05) is 12.1 Å². The van der Waals surface area contributed by atoms with E-state index < -0.39 is 11.8 Å². The molecule has 7 nitrogen and oxygen atoms in total. The van der Waals surface area contributed by atoms with Crippen molar-refractivity contribution in [1.82, 2.24) is 14.3 Å². The zero-order valence-electron chi connectivity index (χ0n) is 14.6. The van der Waals surface area contributed by atoms with Gasteiger partial charge in [0.25, 0.3) is 6.08 Å². The molecule has 28 heavy (non-hydrogen) atoms. The van der Waals surface area contributed by atoms with Crippen LogP contribution in [0.4, 0.5) is 8.78 Å². The number of ether oxygens (including phenoxy) is 2. The lowest BCUT2D eigenvalue weighted by Crippen LogP contribution is -2.26. The van der Waals surface area contributed by atoms with E-state index in [0.717, 1.165) is 15.8 Å². The van der Waals surface area contributed by atoms with Crippen molar-refractivity contribution in [3.05, 3.63) is 70.9 Å². The first kappa shape index (κ1) is 17.9. The van der Waals surface area contributed by atoms with Crippen molar-refractivity contribution in [1.29, 1.82) is 0 Å². The molecular weight excluding hydrogens is 370 g/mol. The summed E-state index contributed by atoms with van der Waals surface area (Å²) < 4.78 is 38.6. The van der Waals surface area contributed by atoms with E-state index in [0.29, 0.717) is 17.2 Å². The van der Waals surface area contributed by atoms with Crippen LogP contribution in [0.3, 0.4) is 0 Å². The first-order chi connectivity index (χ1) is 13.6. The summed E-state index contributed by atoms with van der Waals surface area (Å²) in [5.41, 5.74) is 6.74. The average molecular weight is 386 g/mol. The fraction of sp³-hybridized carbons (Fsp3) is 0.158. The summed E-state index contributed by atoms with van der Waals surface area (Å²) in [6, 6.07) is 12.8. The summed E-state index contributed by atoms with van der Waals surface area (Å²) in [6.07, 6.45) is -0.598. The van der Waals surface area contributed by atoms with E-state index in [1.54, 1.807) is 18.2 Å². The van der Waals surface area contributed by atoms with Crippen LogP contribution in [0.2, 0.25) is 0 Å². The van der Waals surface area contributed by atoms with Crippen LogP contribution in [-0.4, -0.2) is 27.7 Å². The predicted octanol–water partition coefficient (Wildman–Crippen LogP) is 2.54. The van der Waals surface area contributed by atoms with Crippen LogP contribution in [0.25, 0.3) is 16.8 Å². The number of rotatable bonds is 5. The van der Waals surface area contributed by atoms with E-state index in [-0.39, 0.29) is 25.5 Å². The zero-order valence-corrected chi connectivity index (χ0v) is 14.6. The lowest BCUT2D eigenvalue weighted by atomic mass is 10.0. The summed E-state index contributed by atoms with van der Waals surface area (Å²) in [6.45, 7) is -0.514. The van der Waals surface area contributed by atoms with Gasteiger partial charge in [-0.2, -0.15) is 13.9 Å². The Bertz CT molecular complexity index is 1120. The largest absolute Gasteiger partial charge is 0.454 e. The molecule has 2 heterocycles. The van der Waals surface area contributed by atoms with Crippen LogP contribution in [0.15, 0.2) is 65.2 Å². The number of nitrogens with zero attached hydrogens (tertiary/aromatic N) is 3. The minimum Gasteiger partial charge on any atom is -0.454 e. The van der Waals surface area contributed by atoms with Crippen LogP contribution in [0.1, 0.15) is 0 Å². The van der Waals surface area contributed by atoms with Gasteiger partial charge in [-0.05, 0) is 35.4 Å². The third-order valence-electron chi connectivity index (χ3n) is 4.42. The Morgan fingerprint density at radius 1 is 1.11 bits per heavy atom. The van der Waals surface area contributed by atoms with Crippen molar-refractivity contribution in [3.8, 4) is 28.3 Å². The second kappa shape index (κ2) is 7.28. The van der Waals surface area contributed by atoms with Crippen molar-refractivity contribution in [2.45, 2.75) is 6.54 Å². The van der Waals surface area contributed by atoms with Gasteiger partial charge in [0.2, 0.25) is 6.79 Å². The number of hydrogen-bond donors (Lipinski definition) is 1. The molecule has 2 N–H and O–H groups in total. The number of benzene rings is 2. The van der Waals surface area contributed by atoms with Gasteiger partial charge in [0.15, 0.2) is 11.5 Å². The van der Waals surface area contributed by atoms with E-state index in [1.165, 1.54) is 10.9 Å². The lowest BCUT2D eigenvalue weighted by Gasteiger charge is -2.07. The average Bonchev–Trinajstić information content (AvgIpc) is 3.32. The van der Waals surface area contributed by atoms with Gasteiger partial charge in [-0.3, -0.25) is 0 Å². The van der Waals surface area contributed by atoms with Gasteiger partial charge in [-0.1, -0.05) is 18.2 Å². The predicted molar refractivity (Wildman–Crippen MR) is 97.7 cm³/mol. The highest BCUT2D eigenvalue weighted by molar-refractivity contribution is 5.69. The van der Waals surface area contributed by atoms with Gasteiger partial charge in [-0.15, -0.1) is 0 Å². The van der Waals surface area contributed by atoms with Gasteiger partial charge >= 0.3 is 5.69 Å². The second-order valence-electron chi connectivity index (χ2n) is 6.13. The van der Waals surface area contributed by atoms with Gasteiger partial charge in [-0.25, -0.2) is 14.0 Å². The van der Waals surface area contributed by atoms with Gasteiger partial charge < -0.3 is 15.2 Å². The molecule has 144 valence electrons. The fourth-order valence-electron chi connectivity index (χ4n) is 2.92. The van der Waals surface area contributed by atoms with Crippen LogP contribution in [0, 0.1) is 0 Å². The summed E-state index contributed by atoms with van der Waals surface area (Å²) in [4.78, 5) is 12.6. The molecule has 0 fully saturated rings. The first-order valence-corrected chi connectivity index (χ1v) is 8.45. The van der Waals surface area contributed by atoms with Crippen molar-refractivity contribution in [2.75, 3.05) is 13.3 Å². The van der Waals surface area contributed by atoms with Gasteiger partial charge in [0.1, 0.15) is 6.33 Å². The van der Waals surface area contributed by atoms with Crippen LogP contribution in [0.5, 0.6) is 11.5 Å². The molecule has 9 heteroatoms. The zero-order chi connectivity index (χ0) is 19.7. The Morgan fingerprint density at radius 3 is 2.68 bits per heavy atom. The highest BCUT2D eigenvalue weighted by Gasteiger charge is 2.15. The number of halogens is 2. The third-order valence-corrected chi connectivity index (χ3v) is 4.42. The number of aromatic nitrogens is 3. The molecule has 0 saturated carbocycles. The fourth-order valence-corrected chi connectivity index (χ4v) is 2.92. The van der Waals surface area contributed by atoms with E-state index in [2.05, 4.69) is 5.10 Å². The first-order valence-electron chi connectivity index (χ1n) is 8.45. The molecule has 0 radical (unpaired) electrons. The van der Waals surface area contributed by atoms with Gasteiger partial charge in [0.05, 0.1) is 12.2 Å². The van der Waals surface area contributed by atoms with E-state index in [1.807, 2.05) is 24.3 Å². The Morgan fingerprint density at radius 2 is 1.89 bits per heavy atom. The Kier molecular flexibility index (Phi) is 4.66. The van der Waals surface area contributed by atoms with Crippen molar-refractivity contribution < 1.29 is 18.3 Å². The Hall–Kier alpha value is -3.46. The maximum Gasteiger partial charge on any atom is 0.350 e. The summed E-state index contributed by atoms with van der Waals surface area (Å²) in [5, 5.41) is 3.92. The normalized spacial score (nSPS) is 12.2. The topological polar surface area (TPSA) is 84.3 Å². The van der Waals surface area contributed by atoms with Crippen LogP contribution >= 0.6 is 0 Å². The summed E-state index contributed by atoms with van der Waals surface area (Å²) >= 11 is 0. The SMILES string of the molecule is NCC(Cn1ncn(-c2cccc(-c3ccc4c(c3)OCO4)c2)c1=O)=C(F)F. The molecular formula is C19H16F2N4O3. The molecule has 0 unspecified atom stereocenters. The molecule has 0 saturated heterocycles. The lowest BCUT2D eigenvalue weighted by molar-refractivity contribution is 0.174. The monoisotopic (exact) mass is 386 g/mol. The highest BCUT2D eigenvalue weighted by atomic mass is 19.3. The molecule has 0 bridgehead atoms. The molecule has 1 aromatic heterocycles.